The van der Waals surface area contributed by atoms with Gasteiger partial charge in [-0.15, -0.1) is 0 Å². The van der Waals surface area contributed by atoms with Gasteiger partial charge in [0.2, 0.25) is 0 Å². The largest absolute Gasteiger partial charge is 0.489 e. The number of ether oxygens (including phenoxy) is 1. The molecule has 0 aliphatic carbocycles. The Kier molecular flexibility index (Phi) is 5.20. The fourth-order valence-electron chi connectivity index (χ4n) is 2.93. The van der Waals surface area contributed by atoms with Crippen LogP contribution in [0.5, 0.6) is 5.75 Å². The van der Waals surface area contributed by atoms with Gasteiger partial charge in [0.05, 0.1) is 0 Å². The fourth-order valence-corrected chi connectivity index (χ4v) is 2.93. The first kappa shape index (κ1) is 17.2. The molecule has 25 heavy (non-hydrogen) atoms. The van der Waals surface area contributed by atoms with Crippen molar-refractivity contribution in [3.63, 3.8) is 0 Å². The van der Waals surface area contributed by atoms with E-state index in [1.807, 2.05) is 24.3 Å². The van der Waals surface area contributed by atoms with Gasteiger partial charge in [-0.05, 0) is 34.4 Å². The maximum Gasteiger partial charge on any atom is 0.119 e. The van der Waals surface area contributed by atoms with E-state index in [4.69, 9.17) is 10.5 Å². The average Bonchev–Trinajstić information content (AvgIpc) is 2.68. The van der Waals surface area contributed by atoms with E-state index in [2.05, 4.69) is 68.4 Å². The average molecular weight is 331 g/mol. The van der Waals surface area contributed by atoms with E-state index < -0.39 is 0 Å². The van der Waals surface area contributed by atoms with Crippen LogP contribution in [0.3, 0.4) is 0 Å². The molecule has 0 atom stereocenters. The molecule has 3 aromatic carbocycles. The van der Waals surface area contributed by atoms with Crippen LogP contribution in [-0.4, -0.2) is 0 Å². The van der Waals surface area contributed by atoms with Crippen LogP contribution in [0.1, 0.15) is 36.1 Å². The highest BCUT2D eigenvalue weighted by Gasteiger charge is 2.22. The molecule has 0 fully saturated rings. The van der Waals surface area contributed by atoms with Gasteiger partial charge >= 0.3 is 0 Å². The Hall–Kier alpha value is -2.58. The first-order chi connectivity index (χ1) is 12.1. The summed E-state index contributed by atoms with van der Waals surface area (Å²) >= 11 is 0. The summed E-state index contributed by atoms with van der Waals surface area (Å²) in [6.07, 6.45) is 0. The van der Waals surface area contributed by atoms with E-state index in [1.165, 1.54) is 11.1 Å². The van der Waals surface area contributed by atoms with E-state index in [1.54, 1.807) is 0 Å². The maximum absolute atomic E-state index is 5.91. The van der Waals surface area contributed by atoms with Gasteiger partial charge in [-0.25, -0.2) is 0 Å². The maximum atomic E-state index is 5.91. The summed E-state index contributed by atoms with van der Waals surface area (Å²) in [6.45, 7) is 5.63. The minimum Gasteiger partial charge on any atom is -0.489 e. The predicted octanol–water partition coefficient (Wildman–Crippen LogP) is 5.05. The van der Waals surface area contributed by atoms with Crippen molar-refractivity contribution in [1.29, 1.82) is 0 Å². The molecule has 0 spiro atoms. The predicted molar refractivity (Wildman–Crippen MR) is 104 cm³/mol. The molecule has 0 unspecified atom stereocenters. The number of hydrogen-bond donors (Lipinski definition) is 1. The first-order valence-corrected chi connectivity index (χ1v) is 8.66. The molecule has 0 aromatic heterocycles. The summed E-state index contributed by atoms with van der Waals surface area (Å²) in [4.78, 5) is 0. The van der Waals surface area contributed by atoms with E-state index in [0.29, 0.717) is 13.2 Å². The summed E-state index contributed by atoms with van der Waals surface area (Å²) in [5.41, 5.74) is 10.5. The van der Waals surface area contributed by atoms with Gasteiger partial charge in [-0.1, -0.05) is 80.6 Å². The molecule has 0 radical (unpaired) electrons. The van der Waals surface area contributed by atoms with E-state index in [9.17, 15) is 0 Å². The number of benzene rings is 3. The smallest absolute Gasteiger partial charge is 0.119 e. The Balaban J connectivity index is 1.67. The Labute approximate surface area is 150 Å². The van der Waals surface area contributed by atoms with Gasteiger partial charge in [0.15, 0.2) is 0 Å². The van der Waals surface area contributed by atoms with E-state index in [0.717, 1.165) is 16.9 Å². The molecule has 3 rings (SSSR count). The van der Waals surface area contributed by atoms with Crippen LogP contribution < -0.4 is 10.5 Å². The highest BCUT2D eigenvalue weighted by Crippen LogP contribution is 2.32. The lowest BCUT2D eigenvalue weighted by Crippen LogP contribution is -2.18. The molecule has 2 N–H and O–H groups in total. The molecule has 0 saturated carbocycles. The molecular weight excluding hydrogens is 306 g/mol. The van der Waals surface area contributed by atoms with Crippen molar-refractivity contribution in [3.8, 4) is 5.75 Å². The van der Waals surface area contributed by atoms with Crippen molar-refractivity contribution in [3.05, 3.63) is 101 Å². The molecule has 0 saturated heterocycles. The standard InChI is InChI=1S/C23H25NO/c1-23(2,20-6-4-3-5-7-20)21-12-14-22(15-13-21)25-17-19-10-8-18(16-24)9-11-19/h3-15H,16-17,24H2,1-2H3. The lowest BCUT2D eigenvalue weighted by atomic mass is 9.78. The van der Waals surface area contributed by atoms with Gasteiger partial charge in [0.25, 0.3) is 0 Å². The van der Waals surface area contributed by atoms with Crippen LogP contribution in [-0.2, 0) is 18.6 Å². The summed E-state index contributed by atoms with van der Waals surface area (Å²) in [6, 6.07) is 27.2. The Morgan fingerprint density at radius 1 is 0.720 bits per heavy atom. The molecule has 128 valence electrons. The Morgan fingerprint density at radius 3 is 1.88 bits per heavy atom. The fraction of sp³-hybridized carbons (Fsp3) is 0.217. The quantitative estimate of drug-likeness (QED) is 0.686. The second kappa shape index (κ2) is 7.54. The zero-order valence-electron chi connectivity index (χ0n) is 14.9. The van der Waals surface area contributed by atoms with Crippen LogP contribution in [0.15, 0.2) is 78.9 Å². The van der Waals surface area contributed by atoms with Gasteiger partial charge in [0.1, 0.15) is 12.4 Å². The van der Waals surface area contributed by atoms with E-state index in [-0.39, 0.29) is 5.41 Å². The van der Waals surface area contributed by atoms with Crippen molar-refractivity contribution in [2.45, 2.75) is 32.4 Å². The van der Waals surface area contributed by atoms with Gasteiger partial charge in [0, 0.05) is 12.0 Å². The van der Waals surface area contributed by atoms with Crippen molar-refractivity contribution in [1.82, 2.24) is 0 Å². The Morgan fingerprint density at radius 2 is 1.28 bits per heavy atom. The van der Waals surface area contributed by atoms with Gasteiger partial charge in [-0.3, -0.25) is 0 Å². The van der Waals surface area contributed by atoms with E-state index >= 15 is 0 Å². The summed E-state index contributed by atoms with van der Waals surface area (Å²) in [7, 11) is 0. The molecule has 0 bridgehead atoms. The molecule has 3 aromatic rings. The highest BCUT2D eigenvalue weighted by molar-refractivity contribution is 5.40. The number of nitrogens with two attached hydrogens (primary N) is 1. The molecule has 0 aliphatic heterocycles. The molecule has 2 nitrogen and oxygen atoms in total. The zero-order valence-corrected chi connectivity index (χ0v) is 14.9. The summed E-state index contributed by atoms with van der Waals surface area (Å²) in [5, 5.41) is 0. The van der Waals surface area contributed by atoms with Crippen molar-refractivity contribution >= 4 is 0 Å². The monoisotopic (exact) mass is 331 g/mol. The zero-order chi connectivity index (χ0) is 17.7. The highest BCUT2D eigenvalue weighted by atomic mass is 16.5. The van der Waals surface area contributed by atoms with Crippen LogP contribution in [0.2, 0.25) is 0 Å². The first-order valence-electron chi connectivity index (χ1n) is 8.66. The summed E-state index contributed by atoms with van der Waals surface area (Å²) in [5.74, 6) is 0.885. The van der Waals surface area contributed by atoms with Crippen LogP contribution in [0, 0.1) is 0 Å². The van der Waals surface area contributed by atoms with Crippen molar-refractivity contribution < 1.29 is 4.74 Å². The lowest BCUT2D eigenvalue weighted by Gasteiger charge is -2.26. The number of rotatable bonds is 6. The van der Waals surface area contributed by atoms with Crippen LogP contribution in [0.25, 0.3) is 0 Å². The third kappa shape index (κ3) is 4.09. The third-order valence-electron chi connectivity index (χ3n) is 4.74. The molecule has 0 aliphatic rings. The summed E-state index contributed by atoms with van der Waals surface area (Å²) < 4.78 is 5.91. The van der Waals surface area contributed by atoms with Crippen molar-refractivity contribution in [2.24, 2.45) is 5.73 Å². The Bertz CT molecular complexity index is 790. The third-order valence-corrected chi connectivity index (χ3v) is 4.74. The lowest BCUT2D eigenvalue weighted by molar-refractivity contribution is 0.306. The minimum absolute atomic E-state index is 0.0299. The molecule has 0 heterocycles. The molecular formula is C23H25NO. The number of hydrogen-bond acceptors (Lipinski definition) is 2. The SMILES string of the molecule is CC(C)(c1ccccc1)c1ccc(OCc2ccc(CN)cc2)cc1. The topological polar surface area (TPSA) is 35.2 Å². The van der Waals surface area contributed by atoms with Gasteiger partial charge in [-0.2, -0.15) is 0 Å². The molecule has 0 amide bonds. The normalized spacial score (nSPS) is 11.3. The van der Waals surface area contributed by atoms with Crippen LogP contribution in [0.4, 0.5) is 0 Å². The molecule has 2 heteroatoms. The van der Waals surface area contributed by atoms with Crippen LogP contribution >= 0.6 is 0 Å². The van der Waals surface area contributed by atoms with Gasteiger partial charge < -0.3 is 10.5 Å². The second-order valence-electron chi connectivity index (χ2n) is 6.82. The minimum atomic E-state index is -0.0299. The second-order valence-corrected chi connectivity index (χ2v) is 6.82. The van der Waals surface area contributed by atoms with Crippen molar-refractivity contribution in [2.75, 3.05) is 0 Å².